The van der Waals surface area contributed by atoms with Gasteiger partial charge in [0, 0.05) is 20.2 Å². The molecule has 106 valence electrons. The second-order valence-corrected chi connectivity index (χ2v) is 5.93. The van der Waals surface area contributed by atoms with Gasteiger partial charge in [-0.25, -0.2) is 0 Å². The van der Waals surface area contributed by atoms with Crippen molar-refractivity contribution in [3.63, 3.8) is 0 Å². The second-order valence-electron chi connectivity index (χ2n) is 5.93. The van der Waals surface area contributed by atoms with Crippen molar-refractivity contribution >= 4 is 5.91 Å². The predicted molar refractivity (Wildman–Crippen MR) is 72.4 cm³/mol. The van der Waals surface area contributed by atoms with E-state index in [4.69, 9.17) is 4.74 Å². The van der Waals surface area contributed by atoms with Gasteiger partial charge in [0.2, 0.25) is 5.91 Å². The van der Waals surface area contributed by atoms with Crippen molar-refractivity contribution < 1.29 is 9.53 Å². The van der Waals surface area contributed by atoms with E-state index < -0.39 is 5.41 Å². The van der Waals surface area contributed by atoms with Gasteiger partial charge in [0.15, 0.2) is 0 Å². The minimum absolute atomic E-state index is 0.00359. The Morgan fingerprint density at radius 3 is 2.63 bits per heavy atom. The third kappa shape index (κ3) is 3.27. The Morgan fingerprint density at radius 2 is 2.05 bits per heavy atom. The van der Waals surface area contributed by atoms with E-state index in [1.807, 2.05) is 7.05 Å². The topological polar surface area (TPSA) is 53.3 Å². The van der Waals surface area contributed by atoms with Crippen LogP contribution in [0.3, 0.4) is 0 Å². The van der Waals surface area contributed by atoms with Crippen molar-refractivity contribution in [2.75, 3.05) is 20.2 Å². The number of likely N-dealkylation sites (N-methyl/N-ethyl adjacent to an activating group) is 1. The summed E-state index contributed by atoms with van der Waals surface area (Å²) in [6.45, 7) is 1.43. The Labute approximate surface area is 115 Å². The van der Waals surface area contributed by atoms with Gasteiger partial charge in [0.1, 0.15) is 5.41 Å². The molecule has 0 spiro atoms. The number of nitrogens with zero attached hydrogens (tertiary/aromatic N) is 2. The summed E-state index contributed by atoms with van der Waals surface area (Å²) in [6.07, 6.45) is 8.05. The summed E-state index contributed by atoms with van der Waals surface area (Å²) in [5.74, 6) is 0.00359. The number of nitriles is 1. The van der Waals surface area contributed by atoms with Crippen molar-refractivity contribution in [1.82, 2.24) is 4.90 Å². The average Bonchev–Trinajstić information content (AvgIpc) is 2.48. The molecule has 1 aliphatic carbocycles. The lowest BCUT2D eigenvalue weighted by Gasteiger charge is -2.35. The molecule has 1 saturated carbocycles. The number of carbonyl (C=O) groups is 1. The zero-order valence-electron chi connectivity index (χ0n) is 11.9. The first-order chi connectivity index (χ1) is 9.18. The summed E-state index contributed by atoms with van der Waals surface area (Å²) in [5, 5.41) is 9.44. The number of amides is 1. The molecule has 4 heteroatoms. The van der Waals surface area contributed by atoms with Crippen LogP contribution in [0.2, 0.25) is 0 Å². The van der Waals surface area contributed by atoms with Crippen molar-refractivity contribution in [2.45, 2.75) is 57.5 Å². The standard InChI is InChI=1S/C15H24N2O2/c1-17(11-13-7-3-6-10-19-13)14(18)15(12-16)8-4-2-5-9-15/h13H,2-11H2,1H3. The molecule has 1 amide bonds. The van der Waals surface area contributed by atoms with E-state index in [1.165, 1.54) is 6.42 Å². The van der Waals surface area contributed by atoms with Gasteiger partial charge in [-0.15, -0.1) is 0 Å². The van der Waals surface area contributed by atoms with Gasteiger partial charge in [-0.3, -0.25) is 4.79 Å². The number of hydrogen-bond acceptors (Lipinski definition) is 3. The fourth-order valence-electron chi connectivity index (χ4n) is 3.23. The van der Waals surface area contributed by atoms with Crippen LogP contribution in [0.4, 0.5) is 0 Å². The molecule has 1 saturated heterocycles. The highest BCUT2D eigenvalue weighted by atomic mass is 16.5. The molecule has 1 unspecified atom stereocenters. The molecule has 1 atom stereocenters. The van der Waals surface area contributed by atoms with Crippen LogP contribution < -0.4 is 0 Å². The average molecular weight is 264 g/mol. The first-order valence-electron chi connectivity index (χ1n) is 7.46. The molecule has 0 radical (unpaired) electrons. The van der Waals surface area contributed by atoms with Crippen LogP contribution in [0.25, 0.3) is 0 Å². The largest absolute Gasteiger partial charge is 0.376 e. The van der Waals surface area contributed by atoms with Gasteiger partial charge in [0.25, 0.3) is 0 Å². The zero-order chi connectivity index (χ0) is 13.7. The molecule has 2 rings (SSSR count). The van der Waals surface area contributed by atoms with Gasteiger partial charge in [-0.2, -0.15) is 5.26 Å². The first kappa shape index (κ1) is 14.3. The van der Waals surface area contributed by atoms with E-state index in [1.54, 1.807) is 4.90 Å². The molecular weight excluding hydrogens is 240 g/mol. The minimum Gasteiger partial charge on any atom is -0.376 e. The highest BCUT2D eigenvalue weighted by Crippen LogP contribution is 2.37. The van der Waals surface area contributed by atoms with E-state index >= 15 is 0 Å². The van der Waals surface area contributed by atoms with E-state index in [2.05, 4.69) is 6.07 Å². The summed E-state index contributed by atoms with van der Waals surface area (Å²) >= 11 is 0. The van der Waals surface area contributed by atoms with E-state index in [9.17, 15) is 10.1 Å². The molecule has 19 heavy (non-hydrogen) atoms. The van der Waals surface area contributed by atoms with Crippen molar-refractivity contribution in [3.05, 3.63) is 0 Å². The summed E-state index contributed by atoms with van der Waals surface area (Å²) in [4.78, 5) is 14.3. The monoisotopic (exact) mass is 264 g/mol. The molecule has 0 aromatic rings. The molecule has 0 N–H and O–H groups in total. The smallest absolute Gasteiger partial charge is 0.242 e. The molecule has 0 aromatic heterocycles. The van der Waals surface area contributed by atoms with Gasteiger partial charge < -0.3 is 9.64 Å². The van der Waals surface area contributed by atoms with Crippen molar-refractivity contribution in [2.24, 2.45) is 5.41 Å². The van der Waals surface area contributed by atoms with Crippen molar-refractivity contribution in [1.29, 1.82) is 5.26 Å². The second kappa shape index (κ2) is 6.38. The lowest BCUT2D eigenvalue weighted by Crippen LogP contribution is -2.46. The van der Waals surface area contributed by atoms with E-state index in [0.717, 1.165) is 51.6 Å². The maximum Gasteiger partial charge on any atom is 0.242 e. The highest BCUT2D eigenvalue weighted by Gasteiger charge is 2.41. The molecule has 0 bridgehead atoms. The fourth-order valence-corrected chi connectivity index (χ4v) is 3.23. The van der Waals surface area contributed by atoms with Crippen LogP contribution in [0, 0.1) is 16.7 Å². The molecular formula is C15H24N2O2. The quantitative estimate of drug-likeness (QED) is 0.787. The summed E-state index contributed by atoms with van der Waals surface area (Å²) in [5.41, 5.74) is -0.762. The third-order valence-electron chi connectivity index (χ3n) is 4.43. The molecule has 1 heterocycles. The molecule has 1 aliphatic heterocycles. The van der Waals surface area contributed by atoms with Crippen LogP contribution in [0.5, 0.6) is 0 Å². The summed E-state index contributed by atoms with van der Waals surface area (Å²) in [6, 6.07) is 2.30. The Kier molecular flexibility index (Phi) is 4.81. The highest BCUT2D eigenvalue weighted by molar-refractivity contribution is 5.85. The van der Waals surface area contributed by atoms with Gasteiger partial charge in [-0.1, -0.05) is 19.3 Å². The fraction of sp³-hybridized carbons (Fsp3) is 0.867. The maximum absolute atomic E-state index is 12.6. The number of rotatable bonds is 3. The van der Waals surface area contributed by atoms with Gasteiger partial charge >= 0.3 is 0 Å². The van der Waals surface area contributed by atoms with E-state index in [-0.39, 0.29) is 12.0 Å². The van der Waals surface area contributed by atoms with Crippen LogP contribution in [0.1, 0.15) is 51.4 Å². The van der Waals surface area contributed by atoms with Crippen LogP contribution >= 0.6 is 0 Å². The van der Waals surface area contributed by atoms with E-state index in [0.29, 0.717) is 6.54 Å². The number of hydrogen-bond donors (Lipinski definition) is 0. The SMILES string of the molecule is CN(CC1CCCCO1)C(=O)C1(C#N)CCCCC1. The molecule has 2 fully saturated rings. The van der Waals surface area contributed by atoms with Gasteiger partial charge in [0.05, 0.1) is 12.2 Å². The summed E-state index contributed by atoms with van der Waals surface area (Å²) < 4.78 is 5.68. The number of ether oxygens (including phenoxy) is 1. The number of carbonyl (C=O) groups excluding carboxylic acids is 1. The van der Waals surface area contributed by atoms with Crippen LogP contribution in [-0.4, -0.2) is 37.1 Å². The Bertz CT molecular complexity index is 350. The molecule has 4 nitrogen and oxygen atoms in total. The molecule has 2 aliphatic rings. The lowest BCUT2D eigenvalue weighted by molar-refractivity contribution is -0.141. The normalized spacial score (nSPS) is 26.4. The Morgan fingerprint density at radius 1 is 1.32 bits per heavy atom. The van der Waals surface area contributed by atoms with Gasteiger partial charge in [-0.05, 0) is 32.1 Å². The van der Waals surface area contributed by atoms with Crippen LogP contribution in [0.15, 0.2) is 0 Å². The summed E-state index contributed by atoms with van der Waals surface area (Å²) in [7, 11) is 1.81. The molecule has 0 aromatic carbocycles. The van der Waals surface area contributed by atoms with Crippen molar-refractivity contribution in [3.8, 4) is 6.07 Å². The predicted octanol–water partition coefficient (Wildman–Crippen LogP) is 2.49. The third-order valence-corrected chi connectivity index (χ3v) is 4.43. The van der Waals surface area contributed by atoms with Crippen LogP contribution in [-0.2, 0) is 9.53 Å². The first-order valence-corrected chi connectivity index (χ1v) is 7.46. The maximum atomic E-state index is 12.6. The minimum atomic E-state index is -0.762. The Balaban J connectivity index is 1.95. The zero-order valence-corrected chi connectivity index (χ0v) is 11.9. The lowest BCUT2D eigenvalue weighted by atomic mass is 9.74. The Hall–Kier alpha value is -1.08.